The van der Waals surface area contributed by atoms with Crippen LogP contribution in [0.2, 0.25) is 0 Å². The summed E-state index contributed by atoms with van der Waals surface area (Å²) in [5, 5.41) is 0.745. The number of rotatable bonds is 5. The van der Waals surface area contributed by atoms with Crippen molar-refractivity contribution in [1.82, 2.24) is 4.98 Å². The average molecular weight is 275 g/mol. The molecule has 5 heteroatoms. The van der Waals surface area contributed by atoms with Crippen molar-refractivity contribution in [3.05, 3.63) is 41.6 Å². The van der Waals surface area contributed by atoms with Gasteiger partial charge in [0.25, 0.3) is 0 Å². The molecule has 0 saturated heterocycles. The van der Waals surface area contributed by atoms with E-state index in [9.17, 15) is 4.79 Å². The molecule has 0 saturated carbocycles. The Bertz CT molecular complexity index is 612. The molecule has 2 rings (SSSR count). The highest BCUT2D eigenvalue weighted by molar-refractivity contribution is 6.03. The van der Waals surface area contributed by atoms with E-state index in [-0.39, 0.29) is 12.1 Å². The summed E-state index contributed by atoms with van der Waals surface area (Å²) >= 11 is 0. The molecule has 20 heavy (non-hydrogen) atoms. The number of ether oxygens (including phenoxy) is 3. The lowest BCUT2D eigenvalue weighted by molar-refractivity contribution is 0.0275. The summed E-state index contributed by atoms with van der Waals surface area (Å²) in [5.74, 6) is -0.379. The van der Waals surface area contributed by atoms with Gasteiger partial charge in [0, 0.05) is 25.8 Å². The van der Waals surface area contributed by atoms with E-state index in [1.807, 2.05) is 18.2 Å². The smallest absolute Gasteiger partial charge is 0.338 e. The van der Waals surface area contributed by atoms with Gasteiger partial charge in [0.05, 0.1) is 24.8 Å². The SMILES string of the molecule is COC[C@H](OC)c1ccc2nccc(C(=O)OC)c2c1. The van der Waals surface area contributed by atoms with Crippen LogP contribution in [0.3, 0.4) is 0 Å². The van der Waals surface area contributed by atoms with Gasteiger partial charge in [-0.15, -0.1) is 0 Å². The number of hydrogen-bond acceptors (Lipinski definition) is 5. The number of fused-ring (bicyclic) bond motifs is 1. The van der Waals surface area contributed by atoms with Crippen LogP contribution < -0.4 is 0 Å². The van der Waals surface area contributed by atoms with Crippen LogP contribution >= 0.6 is 0 Å². The Kier molecular flexibility index (Phi) is 4.65. The molecule has 0 aliphatic rings. The van der Waals surface area contributed by atoms with Gasteiger partial charge >= 0.3 is 5.97 Å². The van der Waals surface area contributed by atoms with Gasteiger partial charge in [-0.25, -0.2) is 4.79 Å². The molecule has 1 aromatic heterocycles. The Morgan fingerprint density at radius 2 is 2.05 bits per heavy atom. The largest absolute Gasteiger partial charge is 0.465 e. The fraction of sp³-hybridized carbons (Fsp3) is 0.333. The number of pyridine rings is 1. The number of benzene rings is 1. The van der Waals surface area contributed by atoms with Gasteiger partial charge in [-0.3, -0.25) is 4.98 Å². The van der Waals surface area contributed by atoms with E-state index in [0.29, 0.717) is 12.2 Å². The number of nitrogens with zero attached hydrogens (tertiary/aromatic N) is 1. The number of hydrogen-bond donors (Lipinski definition) is 0. The molecular formula is C15H17NO4. The Morgan fingerprint density at radius 1 is 1.25 bits per heavy atom. The van der Waals surface area contributed by atoms with Gasteiger partial charge in [-0.2, -0.15) is 0 Å². The zero-order valence-electron chi connectivity index (χ0n) is 11.8. The molecule has 0 unspecified atom stereocenters. The topological polar surface area (TPSA) is 57.7 Å². The first-order valence-electron chi connectivity index (χ1n) is 6.20. The second-order valence-electron chi connectivity index (χ2n) is 4.31. The van der Waals surface area contributed by atoms with Gasteiger partial charge < -0.3 is 14.2 Å². The third kappa shape index (κ3) is 2.79. The van der Waals surface area contributed by atoms with E-state index in [0.717, 1.165) is 16.5 Å². The lowest BCUT2D eigenvalue weighted by atomic mass is 10.0. The van der Waals surface area contributed by atoms with Gasteiger partial charge in [-0.1, -0.05) is 6.07 Å². The molecule has 0 amide bonds. The van der Waals surface area contributed by atoms with Gasteiger partial charge in [0.2, 0.25) is 0 Å². The monoisotopic (exact) mass is 275 g/mol. The fourth-order valence-electron chi connectivity index (χ4n) is 2.10. The van der Waals surface area contributed by atoms with E-state index in [2.05, 4.69) is 4.98 Å². The highest BCUT2D eigenvalue weighted by Crippen LogP contribution is 2.24. The second-order valence-corrected chi connectivity index (χ2v) is 4.31. The van der Waals surface area contributed by atoms with E-state index < -0.39 is 0 Å². The van der Waals surface area contributed by atoms with Crippen LogP contribution in [-0.4, -0.2) is 38.9 Å². The Balaban J connectivity index is 2.53. The van der Waals surface area contributed by atoms with Crippen LogP contribution in [0.5, 0.6) is 0 Å². The molecule has 0 fully saturated rings. The van der Waals surface area contributed by atoms with Crippen molar-refractivity contribution in [1.29, 1.82) is 0 Å². The van der Waals surface area contributed by atoms with Gasteiger partial charge in [0.1, 0.15) is 6.10 Å². The number of carbonyl (C=O) groups is 1. The summed E-state index contributed by atoms with van der Waals surface area (Å²) in [7, 11) is 4.61. The van der Waals surface area contributed by atoms with Crippen molar-refractivity contribution in [2.45, 2.75) is 6.10 Å². The summed E-state index contributed by atoms with van der Waals surface area (Å²) < 4.78 is 15.3. The lowest BCUT2D eigenvalue weighted by Crippen LogP contribution is -2.09. The quantitative estimate of drug-likeness (QED) is 0.784. The van der Waals surface area contributed by atoms with E-state index in [4.69, 9.17) is 14.2 Å². The van der Waals surface area contributed by atoms with Crippen molar-refractivity contribution >= 4 is 16.9 Å². The molecule has 1 aromatic carbocycles. The number of carbonyl (C=O) groups excluding carboxylic acids is 1. The summed E-state index contributed by atoms with van der Waals surface area (Å²) in [4.78, 5) is 16.0. The van der Waals surface area contributed by atoms with Crippen molar-refractivity contribution in [3.63, 3.8) is 0 Å². The standard InChI is InChI=1S/C15H17NO4/c1-18-9-14(19-2)10-4-5-13-12(8-10)11(6-7-16-13)15(17)20-3/h4-8,14H,9H2,1-3H3/t14-/m0/s1. The molecule has 0 aliphatic heterocycles. The molecular weight excluding hydrogens is 258 g/mol. The minimum Gasteiger partial charge on any atom is -0.465 e. The van der Waals surface area contributed by atoms with Crippen LogP contribution in [0.15, 0.2) is 30.5 Å². The highest BCUT2D eigenvalue weighted by atomic mass is 16.5. The number of esters is 1. The minimum atomic E-state index is -0.379. The van der Waals surface area contributed by atoms with Crippen LogP contribution in [0.1, 0.15) is 22.0 Å². The summed E-state index contributed by atoms with van der Waals surface area (Å²) in [6, 6.07) is 7.32. The zero-order chi connectivity index (χ0) is 14.5. The van der Waals surface area contributed by atoms with Gasteiger partial charge in [0.15, 0.2) is 0 Å². The van der Waals surface area contributed by atoms with Crippen LogP contribution in [0.4, 0.5) is 0 Å². The molecule has 0 radical (unpaired) electrons. The van der Waals surface area contributed by atoms with Crippen LogP contribution in [0, 0.1) is 0 Å². The third-order valence-electron chi connectivity index (χ3n) is 3.15. The third-order valence-corrected chi connectivity index (χ3v) is 3.15. The maximum atomic E-state index is 11.8. The number of aromatic nitrogens is 1. The summed E-state index contributed by atoms with van der Waals surface area (Å²) in [6.45, 7) is 0.440. The van der Waals surface area contributed by atoms with Crippen molar-refractivity contribution in [3.8, 4) is 0 Å². The Morgan fingerprint density at radius 3 is 2.70 bits per heavy atom. The van der Waals surface area contributed by atoms with Crippen molar-refractivity contribution in [2.24, 2.45) is 0 Å². The molecule has 0 aliphatic carbocycles. The normalized spacial score (nSPS) is 12.3. The average Bonchev–Trinajstić information content (AvgIpc) is 2.50. The molecule has 1 atom stereocenters. The van der Waals surface area contributed by atoms with E-state index >= 15 is 0 Å². The lowest BCUT2D eigenvalue weighted by Gasteiger charge is -2.15. The van der Waals surface area contributed by atoms with E-state index in [1.165, 1.54) is 7.11 Å². The van der Waals surface area contributed by atoms with E-state index in [1.54, 1.807) is 26.5 Å². The highest BCUT2D eigenvalue weighted by Gasteiger charge is 2.15. The molecule has 2 aromatic rings. The maximum Gasteiger partial charge on any atom is 0.338 e. The van der Waals surface area contributed by atoms with Crippen LogP contribution in [-0.2, 0) is 14.2 Å². The molecule has 5 nitrogen and oxygen atoms in total. The molecule has 106 valence electrons. The van der Waals surface area contributed by atoms with Crippen molar-refractivity contribution < 1.29 is 19.0 Å². The second kappa shape index (κ2) is 6.45. The number of methoxy groups -OCH3 is 3. The Hall–Kier alpha value is -1.98. The first-order chi connectivity index (χ1) is 9.71. The first kappa shape index (κ1) is 14.4. The van der Waals surface area contributed by atoms with Gasteiger partial charge in [-0.05, 0) is 23.8 Å². The Labute approximate surface area is 117 Å². The minimum absolute atomic E-state index is 0.185. The predicted molar refractivity (Wildman–Crippen MR) is 74.7 cm³/mol. The first-order valence-corrected chi connectivity index (χ1v) is 6.20. The zero-order valence-corrected chi connectivity index (χ0v) is 11.8. The summed E-state index contributed by atoms with van der Waals surface area (Å²) in [5.41, 5.74) is 2.16. The molecule has 0 N–H and O–H groups in total. The fourth-order valence-corrected chi connectivity index (χ4v) is 2.10. The molecule has 0 bridgehead atoms. The molecule has 1 heterocycles. The molecule has 0 spiro atoms. The summed E-state index contributed by atoms with van der Waals surface area (Å²) in [6.07, 6.45) is 1.41. The maximum absolute atomic E-state index is 11.8. The predicted octanol–water partition coefficient (Wildman–Crippen LogP) is 2.36. The van der Waals surface area contributed by atoms with Crippen molar-refractivity contribution in [2.75, 3.05) is 27.9 Å². The van der Waals surface area contributed by atoms with Crippen LogP contribution in [0.25, 0.3) is 10.9 Å².